The summed E-state index contributed by atoms with van der Waals surface area (Å²) in [6.07, 6.45) is 7.84. The van der Waals surface area contributed by atoms with E-state index in [1.165, 1.54) is 4.90 Å². The van der Waals surface area contributed by atoms with Crippen molar-refractivity contribution in [2.75, 3.05) is 6.54 Å². The highest BCUT2D eigenvalue weighted by molar-refractivity contribution is 6.44. The van der Waals surface area contributed by atoms with Gasteiger partial charge in [0.05, 0.1) is 6.04 Å². The number of rotatable bonds is 11. The van der Waals surface area contributed by atoms with E-state index in [9.17, 15) is 24.3 Å². The molecule has 232 valence electrons. The number of hydrogen-bond donors (Lipinski definition) is 5. The van der Waals surface area contributed by atoms with Crippen LogP contribution in [0.5, 0.6) is 0 Å². The average molecular weight is 617 g/mol. The largest absolute Gasteiger partial charge is 0.381 e. The molecular formula is C29H47Cl2N5O5. The Hall–Kier alpha value is -2.04. The molecule has 0 aromatic heterocycles. The summed E-state index contributed by atoms with van der Waals surface area (Å²) < 4.78 is 0. The zero-order valence-electron chi connectivity index (χ0n) is 24.4. The summed E-state index contributed by atoms with van der Waals surface area (Å²) in [6.45, 7) is 9.58. The van der Waals surface area contributed by atoms with Crippen LogP contribution in [0.3, 0.4) is 0 Å². The van der Waals surface area contributed by atoms with Crippen LogP contribution >= 0.6 is 23.2 Å². The van der Waals surface area contributed by atoms with E-state index in [1.54, 1.807) is 6.08 Å². The van der Waals surface area contributed by atoms with E-state index in [-0.39, 0.29) is 18.4 Å². The molecule has 41 heavy (non-hydrogen) atoms. The predicted octanol–water partition coefficient (Wildman–Crippen LogP) is 2.99. The van der Waals surface area contributed by atoms with E-state index in [4.69, 9.17) is 28.9 Å². The zero-order chi connectivity index (χ0) is 30.5. The highest BCUT2D eigenvalue weighted by atomic mass is 35.5. The van der Waals surface area contributed by atoms with Gasteiger partial charge in [-0.3, -0.25) is 14.4 Å². The van der Waals surface area contributed by atoms with E-state index in [0.29, 0.717) is 6.42 Å². The molecule has 10 nitrogen and oxygen atoms in total. The highest BCUT2D eigenvalue weighted by Gasteiger charge is 2.52. The van der Waals surface area contributed by atoms with Gasteiger partial charge in [0.2, 0.25) is 17.7 Å². The molecule has 0 aromatic rings. The Balaban J connectivity index is 1.92. The molecule has 1 heterocycles. The lowest BCUT2D eigenvalue weighted by atomic mass is 9.79. The fourth-order valence-electron chi connectivity index (χ4n) is 6.37. The van der Waals surface area contributed by atoms with Crippen molar-refractivity contribution in [3.05, 3.63) is 12.7 Å². The normalized spacial score (nSPS) is 26.0. The first-order chi connectivity index (χ1) is 19.2. The molecule has 3 unspecified atom stereocenters. The molecule has 3 aliphatic rings. The van der Waals surface area contributed by atoms with Crippen molar-refractivity contribution < 1.29 is 24.3 Å². The molecule has 2 saturated carbocycles. The number of alkyl halides is 2. The number of nitrogens with zero attached hydrogens (tertiary/aromatic N) is 1. The maximum absolute atomic E-state index is 14.3. The van der Waals surface area contributed by atoms with Crippen molar-refractivity contribution in [2.24, 2.45) is 29.4 Å². The Morgan fingerprint density at radius 3 is 2.17 bits per heavy atom. The van der Waals surface area contributed by atoms with Crippen LogP contribution in [0.25, 0.3) is 0 Å². The summed E-state index contributed by atoms with van der Waals surface area (Å²) in [7, 11) is 0. The van der Waals surface area contributed by atoms with E-state index < -0.39 is 70.2 Å². The van der Waals surface area contributed by atoms with Gasteiger partial charge in [0.15, 0.2) is 6.10 Å². The van der Waals surface area contributed by atoms with Crippen LogP contribution in [0.2, 0.25) is 0 Å². The van der Waals surface area contributed by atoms with Crippen molar-refractivity contribution in [3.63, 3.8) is 0 Å². The fraction of sp³-hybridized carbons (Fsp3) is 0.793. The second-order valence-corrected chi connectivity index (χ2v) is 14.1. The van der Waals surface area contributed by atoms with Crippen LogP contribution in [-0.2, 0) is 14.4 Å². The smallest absolute Gasteiger partial charge is 0.315 e. The molecule has 1 saturated heterocycles. The molecule has 0 aromatic carbocycles. The number of nitrogens with two attached hydrogens (primary N) is 1. The molecule has 6 atom stereocenters. The van der Waals surface area contributed by atoms with Crippen LogP contribution in [0.15, 0.2) is 12.7 Å². The summed E-state index contributed by atoms with van der Waals surface area (Å²) >= 11 is 12.8. The monoisotopic (exact) mass is 615 g/mol. The molecule has 12 heteroatoms. The van der Waals surface area contributed by atoms with Crippen molar-refractivity contribution in [1.29, 1.82) is 0 Å². The number of hydrogen-bond acceptors (Lipinski definition) is 5. The first-order valence-electron chi connectivity index (χ1n) is 14.8. The van der Waals surface area contributed by atoms with Gasteiger partial charge in [-0.2, -0.15) is 0 Å². The first kappa shape index (κ1) is 33.5. The fourth-order valence-corrected chi connectivity index (χ4v) is 7.02. The number of aliphatic hydroxyl groups excluding tert-OH is 1. The van der Waals surface area contributed by atoms with Gasteiger partial charge in [-0.05, 0) is 51.9 Å². The number of aliphatic hydroxyl groups is 1. The molecule has 3 fully saturated rings. The number of primary amides is 1. The summed E-state index contributed by atoms with van der Waals surface area (Å²) in [4.78, 5) is 53.5. The SMILES string of the molecule is C=CC1CN(C(=O)[C@@H](NC(=O)NC(C)(C)C)C2CCCCC2)[C@H](C(=O)NC(CC2CCC2)C(O)C(N)=O)[C@H]1C(Cl)Cl. The third kappa shape index (κ3) is 8.74. The number of likely N-dealkylation sites (tertiary alicyclic amines) is 1. The molecule has 2 aliphatic carbocycles. The Morgan fingerprint density at radius 2 is 1.68 bits per heavy atom. The molecule has 0 spiro atoms. The van der Waals surface area contributed by atoms with Crippen LogP contribution in [0.1, 0.15) is 78.6 Å². The second kappa shape index (κ2) is 14.4. The minimum absolute atomic E-state index is 0.0993. The number of urea groups is 1. The molecule has 6 N–H and O–H groups in total. The standard InChI is InChI=1S/C29H47Cl2N5O5/c1-5-17-15-36(27(40)21(18-12-7-6-8-13-18)34-28(41)35-29(2,3)4)22(20(17)24(30)31)26(39)33-19(23(37)25(32)38)14-16-10-9-11-16/h5,16-24,37H,1,6-15H2,2-4H3,(H2,32,38)(H,33,39)(H2,34,35,41)/t17?,19?,20-,21-,22-,23?/m0/s1. The van der Waals surface area contributed by atoms with Gasteiger partial charge in [-0.25, -0.2) is 4.79 Å². The quantitative estimate of drug-likeness (QED) is 0.179. The van der Waals surface area contributed by atoms with Crippen LogP contribution < -0.4 is 21.7 Å². The average Bonchev–Trinajstić information content (AvgIpc) is 3.27. The minimum atomic E-state index is -1.58. The molecule has 0 radical (unpaired) electrons. The van der Waals surface area contributed by atoms with Crippen LogP contribution in [-0.4, -0.2) is 74.9 Å². The van der Waals surface area contributed by atoms with E-state index in [1.807, 2.05) is 20.8 Å². The number of amides is 5. The molecule has 0 bridgehead atoms. The number of carbonyl (C=O) groups is 4. The van der Waals surface area contributed by atoms with E-state index in [2.05, 4.69) is 22.5 Å². The zero-order valence-corrected chi connectivity index (χ0v) is 25.9. The van der Waals surface area contributed by atoms with Gasteiger partial charge < -0.3 is 31.7 Å². The third-order valence-electron chi connectivity index (χ3n) is 8.72. The van der Waals surface area contributed by atoms with Gasteiger partial charge in [-0.15, -0.1) is 29.8 Å². The summed E-state index contributed by atoms with van der Waals surface area (Å²) in [5.74, 6) is -2.84. The third-order valence-corrected chi connectivity index (χ3v) is 9.30. The highest BCUT2D eigenvalue weighted by Crippen LogP contribution is 2.39. The Kier molecular flexibility index (Phi) is 11.8. The lowest BCUT2D eigenvalue weighted by Gasteiger charge is -2.37. The number of carbonyl (C=O) groups excluding carboxylic acids is 4. The summed E-state index contributed by atoms with van der Waals surface area (Å²) in [6, 6.07) is -3.34. The van der Waals surface area contributed by atoms with E-state index >= 15 is 0 Å². The first-order valence-corrected chi connectivity index (χ1v) is 15.7. The molecule has 3 rings (SSSR count). The Labute approximate surface area is 253 Å². The summed E-state index contributed by atoms with van der Waals surface area (Å²) in [5, 5.41) is 19.1. The van der Waals surface area contributed by atoms with Gasteiger partial charge in [0.1, 0.15) is 16.9 Å². The number of halogens is 2. The number of nitrogens with one attached hydrogen (secondary N) is 3. The van der Waals surface area contributed by atoms with Crippen molar-refractivity contribution in [1.82, 2.24) is 20.9 Å². The topological polar surface area (TPSA) is 154 Å². The summed E-state index contributed by atoms with van der Waals surface area (Å²) in [5.41, 5.74) is 4.89. The lowest BCUT2D eigenvalue weighted by Crippen LogP contribution is -2.61. The van der Waals surface area contributed by atoms with Gasteiger partial charge in [0, 0.05) is 23.9 Å². The Morgan fingerprint density at radius 1 is 1.05 bits per heavy atom. The maximum Gasteiger partial charge on any atom is 0.315 e. The molecule has 1 aliphatic heterocycles. The van der Waals surface area contributed by atoms with Gasteiger partial charge in [0.25, 0.3) is 0 Å². The maximum atomic E-state index is 14.3. The molecular weight excluding hydrogens is 569 g/mol. The Bertz CT molecular complexity index is 964. The van der Waals surface area contributed by atoms with Crippen LogP contribution in [0.4, 0.5) is 4.79 Å². The van der Waals surface area contributed by atoms with E-state index in [0.717, 1.165) is 51.4 Å². The predicted molar refractivity (Wildman–Crippen MR) is 159 cm³/mol. The van der Waals surface area contributed by atoms with Crippen molar-refractivity contribution in [2.45, 2.75) is 113 Å². The van der Waals surface area contributed by atoms with Crippen molar-refractivity contribution in [3.8, 4) is 0 Å². The minimum Gasteiger partial charge on any atom is -0.381 e. The molecule has 5 amide bonds. The second-order valence-electron chi connectivity index (χ2n) is 13.0. The van der Waals surface area contributed by atoms with Gasteiger partial charge in [-0.1, -0.05) is 44.6 Å². The van der Waals surface area contributed by atoms with Crippen LogP contribution in [0, 0.1) is 23.7 Å². The lowest BCUT2D eigenvalue weighted by molar-refractivity contribution is -0.143. The van der Waals surface area contributed by atoms with Gasteiger partial charge >= 0.3 is 6.03 Å². The van der Waals surface area contributed by atoms with Crippen molar-refractivity contribution >= 4 is 47.0 Å².